The lowest BCUT2D eigenvalue weighted by molar-refractivity contribution is -0.935. The number of likely N-dealkylation sites (N-methyl/N-ethyl adjacent to an activating group) is 1. The molecule has 0 radical (unpaired) electrons. The Morgan fingerprint density at radius 1 is 0.950 bits per heavy atom. The molecule has 2 nitrogen and oxygen atoms in total. The summed E-state index contributed by atoms with van der Waals surface area (Å²) in [5.41, 5.74) is 1.40. The van der Waals surface area contributed by atoms with Gasteiger partial charge in [-0.25, -0.2) is 0 Å². The van der Waals surface area contributed by atoms with Crippen molar-refractivity contribution in [1.82, 2.24) is 0 Å². The van der Waals surface area contributed by atoms with Crippen LogP contribution in [-0.4, -0.2) is 43.8 Å². The summed E-state index contributed by atoms with van der Waals surface area (Å²) in [5, 5.41) is 0. The van der Waals surface area contributed by atoms with Gasteiger partial charge in [0.1, 0.15) is 0 Å². The van der Waals surface area contributed by atoms with Crippen LogP contribution < -0.4 is 4.90 Å². The van der Waals surface area contributed by atoms with Crippen molar-refractivity contribution >= 4 is 5.69 Å². The van der Waals surface area contributed by atoms with Crippen molar-refractivity contribution in [2.24, 2.45) is 5.92 Å². The van der Waals surface area contributed by atoms with Crippen LogP contribution in [0.4, 0.5) is 5.69 Å². The quantitative estimate of drug-likeness (QED) is 0.745. The third-order valence-corrected chi connectivity index (χ3v) is 5.75. The van der Waals surface area contributed by atoms with Gasteiger partial charge in [-0.05, 0) is 43.7 Å². The second-order valence-electron chi connectivity index (χ2n) is 7.16. The maximum atomic E-state index is 2.56. The van der Waals surface area contributed by atoms with Gasteiger partial charge in [-0.3, -0.25) is 0 Å². The number of hydrogen-bond acceptors (Lipinski definition) is 1. The van der Waals surface area contributed by atoms with Crippen LogP contribution >= 0.6 is 0 Å². The Bertz CT molecular complexity index is 412. The Labute approximate surface area is 124 Å². The van der Waals surface area contributed by atoms with E-state index < -0.39 is 0 Å². The molecule has 110 valence electrons. The minimum Gasteiger partial charge on any atom is -0.360 e. The Morgan fingerprint density at radius 3 is 2.15 bits per heavy atom. The summed E-state index contributed by atoms with van der Waals surface area (Å²) in [7, 11) is 2.50. The Kier molecular flexibility index (Phi) is 4.02. The topological polar surface area (TPSA) is 3.24 Å². The molecule has 2 aliphatic rings. The number of hydrogen-bond donors (Lipinski definition) is 0. The second kappa shape index (κ2) is 5.77. The van der Waals surface area contributed by atoms with Gasteiger partial charge in [0.25, 0.3) is 0 Å². The van der Waals surface area contributed by atoms with E-state index in [1.165, 1.54) is 62.0 Å². The number of quaternary nitrogens is 1. The highest BCUT2D eigenvalue weighted by molar-refractivity contribution is 5.46. The summed E-state index contributed by atoms with van der Waals surface area (Å²) in [5.74, 6) is 0.962. The highest BCUT2D eigenvalue weighted by Gasteiger charge is 2.37. The number of anilines is 1. The maximum absolute atomic E-state index is 2.56. The molecule has 1 aliphatic carbocycles. The van der Waals surface area contributed by atoms with Crippen LogP contribution in [0, 0.1) is 5.92 Å². The highest BCUT2D eigenvalue weighted by atomic mass is 15.4. The van der Waals surface area contributed by atoms with Gasteiger partial charge in [0, 0.05) is 5.69 Å². The van der Waals surface area contributed by atoms with Gasteiger partial charge in [0.15, 0.2) is 0 Å². The largest absolute Gasteiger partial charge is 0.360 e. The zero-order chi connectivity index (χ0) is 14.0. The highest BCUT2D eigenvalue weighted by Crippen LogP contribution is 2.32. The van der Waals surface area contributed by atoms with Gasteiger partial charge in [-0.2, -0.15) is 0 Å². The van der Waals surface area contributed by atoms with Gasteiger partial charge in [0.05, 0.1) is 39.3 Å². The van der Waals surface area contributed by atoms with Crippen molar-refractivity contribution in [3.63, 3.8) is 0 Å². The van der Waals surface area contributed by atoms with Crippen molar-refractivity contribution in [1.29, 1.82) is 0 Å². The minimum absolute atomic E-state index is 0.920. The fourth-order valence-corrected chi connectivity index (χ4v) is 4.05. The molecule has 0 N–H and O–H groups in total. The molecule has 1 saturated carbocycles. The molecule has 0 unspecified atom stereocenters. The maximum Gasteiger partial charge on any atom is 0.0965 e. The molecule has 3 rings (SSSR count). The van der Waals surface area contributed by atoms with Crippen molar-refractivity contribution in [3.05, 3.63) is 30.3 Å². The zero-order valence-electron chi connectivity index (χ0n) is 13.1. The lowest BCUT2D eigenvalue weighted by Gasteiger charge is -2.49. The molecule has 0 aromatic heterocycles. The molecule has 1 aliphatic heterocycles. The summed E-state index contributed by atoms with van der Waals surface area (Å²) in [6, 6.07) is 11.8. The van der Waals surface area contributed by atoms with E-state index in [0.29, 0.717) is 0 Å². The third-order valence-electron chi connectivity index (χ3n) is 5.75. The monoisotopic (exact) mass is 273 g/mol. The standard InChI is InChI=1S/C18H29N2/c1-16-8-10-18(11-9-16)20(2)14-12-19(13-15-20)17-6-4-3-5-7-17/h3-7,16,18H,8-15H2,1-2H3/q+1. The predicted molar refractivity (Wildman–Crippen MR) is 86.0 cm³/mol. The van der Waals surface area contributed by atoms with Crippen molar-refractivity contribution in [3.8, 4) is 0 Å². The number of rotatable bonds is 2. The van der Waals surface area contributed by atoms with Crippen molar-refractivity contribution < 1.29 is 4.48 Å². The minimum atomic E-state index is 0.920. The molecule has 1 aromatic carbocycles. The number of piperazine rings is 1. The van der Waals surface area contributed by atoms with E-state index in [-0.39, 0.29) is 0 Å². The van der Waals surface area contributed by atoms with Crippen LogP contribution in [0.15, 0.2) is 30.3 Å². The van der Waals surface area contributed by atoms with Gasteiger partial charge in [-0.1, -0.05) is 25.1 Å². The molecule has 2 heteroatoms. The normalized spacial score (nSPS) is 30.2. The van der Waals surface area contributed by atoms with Crippen LogP contribution in [0.5, 0.6) is 0 Å². The molecular formula is C18H29N2+. The fourth-order valence-electron chi connectivity index (χ4n) is 4.05. The first-order chi connectivity index (χ1) is 9.67. The zero-order valence-corrected chi connectivity index (χ0v) is 13.1. The third kappa shape index (κ3) is 2.85. The van der Waals surface area contributed by atoms with E-state index in [1.807, 2.05) is 0 Å². The molecule has 1 heterocycles. The summed E-state index contributed by atoms with van der Waals surface area (Å²) in [6.07, 6.45) is 5.79. The van der Waals surface area contributed by atoms with Crippen LogP contribution in [0.3, 0.4) is 0 Å². The first kappa shape index (κ1) is 13.9. The van der Waals surface area contributed by atoms with E-state index in [4.69, 9.17) is 0 Å². The smallest absolute Gasteiger partial charge is 0.0965 e. The van der Waals surface area contributed by atoms with Gasteiger partial charge in [0.2, 0.25) is 0 Å². The summed E-state index contributed by atoms with van der Waals surface area (Å²) >= 11 is 0. The van der Waals surface area contributed by atoms with Gasteiger partial charge in [-0.15, -0.1) is 0 Å². The van der Waals surface area contributed by atoms with Gasteiger partial charge >= 0.3 is 0 Å². The van der Waals surface area contributed by atoms with E-state index in [9.17, 15) is 0 Å². The Balaban J connectivity index is 1.60. The SMILES string of the molecule is CC1CCC([N+]2(C)CCN(c3ccccc3)CC2)CC1. The molecule has 20 heavy (non-hydrogen) atoms. The van der Waals surface area contributed by atoms with Crippen LogP contribution in [-0.2, 0) is 0 Å². The fraction of sp³-hybridized carbons (Fsp3) is 0.667. The lowest BCUT2D eigenvalue weighted by atomic mass is 9.85. The molecule has 0 bridgehead atoms. The van der Waals surface area contributed by atoms with Crippen molar-refractivity contribution in [2.75, 3.05) is 38.1 Å². The van der Waals surface area contributed by atoms with Crippen LogP contribution in [0.1, 0.15) is 32.6 Å². The molecule has 1 saturated heterocycles. The second-order valence-corrected chi connectivity index (χ2v) is 7.16. The Morgan fingerprint density at radius 2 is 1.55 bits per heavy atom. The molecule has 2 fully saturated rings. The van der Waals surface area contributed by atoms with E-state index in [2.05, 4.69) is 49.2 Å². The molecule has 1 aromatic rings. The van der Waals surface area contributed by atoms with E-state index >= 15 is 0 Å². The number of nitrogens with zero attached hydrogens (tertiary/aromatic N) is 2. The van der Waals surface area contributed by atoms with Crippen LogP contribution in [0.25, 0.3) is 0 Å². The lowest BCUT2D eigenvalue weighted by Crippen LogP contribution is -2.62. The summed E-state index contributed by atoms with van der Waals surface area (Å²) in [4.78, 5) is 2.56. The summed E-state index contributed by atoms with van der Waals surface area (Å²) < 4.78 is 1.32. The number of para-hydroxylation sites is 1. The van der Waals surface area contributed by atoms with Gasteiger partial charge < -0.3 is 9.38 Å². The van der Waals surface area contributed by atoms with E-state index in [0.717, 1.165) is 12.0 Å². The number of benzene rings is 1. The molecule has 0 spiro atoms. The Hall–Kier alpha value is -1.02. The first-order valence-corrected chi connectivity index (χ1v) is 8.31. The molecule has 0 amide bonds. The first-order valence-electron chi connectivity index (χ1n) is 8.31. The van der Waals surface area contributed by atoms with Crippen LogP contribution in [0.2, 0.25) is 0 Å². The van der Waals surface area contributed by atoms with E-state index in [1.54, 1.807) is 0 Å². The average molecular weight is 273 g/mol. The van der Waals surface area contributed by atoms with Crippen molar-refractivity contribution in [2.45, 2.75) is 38.6 Å². The molecular weight excluding hydrogens is 244 g/mol. The average Bonchev–Trinajstić information content (AvgIpc) is 2.49. The predicted octanol–water partition coefficient (Wildman–Crippen LogP) is 3.53. The summed E-state index contributed by atoms with van der Waals surface area (Å²) in [6.45, 7) is 7.48. The molecule has 0 atom stereocenters.